The summed E-state index contributed by atoms with van der Waals surface area (Å²) < 4.78 is 0. The molecule has 0 unspecified atom stereocenters. The molecule has 0 bridgehead atoms. The Kier molecular flexibility index (Phi) is 5.26. The Morgan fingerprint density at radius 3 is 2.31 bits per heavy atom. The van der Waals surface area contributed by atoms with E-state index in [0.29, 0.717) is 19.0 Å². The van der Waals surface area contributed by atoms with E-state index in [1.165, 1.54) is 5.56 Å². The number of urea groups is 1. The fraction of sp³-hybridized carbons (Fsp3) is 0.333. The molecule has 3 rings (SSSR count). The maximum absolute atomic E-state index is 12.8. The van der Waals surface area contributed by atoms with Gasteiger partial charge in [-0.1, -0.05) is 44.2 Å². The van der Waals surface area contributed by atoms with Crippen LogP contribution in [0.25, 0.3) is 0 Å². The van der Waals surface area contributed by atoms with Crippen molar-refractivity contribution in [2.45, 2.75) is 32.7 Å². The smallest absolute Gasteiger partial charge is 0.311 e. The maximum Gasteiger partial charge on any atom is 0.322 e. The van der Waals surface area contributed by atoms with Crippen LogP contribution in [0.4, 0.5) is 16.2 Å². The summed E-state index contributed by atoms with van der Waals surface area (Å²) in [6.45, 7) is 7.06. The van der Waals surface area contributed by atoms with Gasteiger partial charge in [0.2, 0.25) is 5.91 Å². The Morgan fingerprint density at radius 2 is 1.69 bits per heavy atom. The van der Waals surface area contributed by atoms with Gasteiger partial charge in [0.05, 0.1) is 0 Å². The van der Waals surface area contributed by atoms with Crippen molar-refractivity contribution < 1.29 is 9.59 Å². The van der Waals surface area contributed by atoms with Crippen molar-refractivity contribution in [1.82, 2.24) is 4.90 Å². The number of rotatable bonds is 3. The van der Waals surface area contributed by atoms with Crippen LogP contribution in [0.1, 0.15) is 32.3 Å². The minimum atomic E-state index is -0.503. The van der Waals surface area contributed by atoms with Crippen LogP contribution in [0.3, 0.4) is 0 Å². The average Bonchev–Trinajstić information content (AvgIpc) is 2.64. The Balaban J connectivity index is 1.69. The number of hydrogen-bond donors (Lipinski definition) is 1. The van der Waals surface area contributed by atoms with E-state index in [1.807, 2.05) is 42.5 Å². The number of anilines is 2. The van der Waals surface area contributed by atoms with Gasteiger partial charge in [-0.3, -0.25) is 4.79 Å². The highest BCUT2D eigenvalue weighted by molar-refractivity contribution is 6.01. The number of nitrogens with one attached hydrogen (secondary N) is 1. The number of piperazine rings is 1. The fourth-order valence-corrected chi connectivity index (χ4v) is 3.16. The van der Waals surface area contributed by atoms with Crippen molar-refractivity contribution in [2.24, 2.45) is 0 Å². The zero-order valence-corrected chi connectivity index (χ0v) is 15.5. The van der Waals surface area contributed by atoms with Gasteiger partial charge in [-0.2, -0.15) is 0 Å². The number of benzene rings is 2. The molecular formula is C21H25N3O2. The van der Waals surface area contributed by atoms with Gasteiger partial charge in [-0.15, -0.1) is 0 Å². The first-order valence-corrected chi connectivity index (χ1v) is 9.01. The molecule has 3 amide bonds. The predicted octanol–water partition coefficient (Wildman–Crippen LogP) is 4.08. The zero-order chi connectivity index (χ0) is 18.7. The van der Waals surface area contributed by atoms with Crippen LogP contribution >= 0.6 is 0 Å². The minimum absolute atomic E-state index is 0.0586. The van der Waals surface area contributed by atoms with Crippen LogP contribution in [0.2, 0.25) is 0 Å². The van der Waals surface area contributed by atoms with E-state index < -0.39 is 6.04 Å². The third-order valence-electron chi connectivity index (χ3n) is 4.81. The number of carbonyl (C=O) groups is 2. The molecular weight excluding hydrogens is 326 g/mol. The summed E-state index contributed by atoms with van der Waals surface area (Å²) in [4.78, 5) is 28.7. The van der Waals surface area contributed by atoms with Gasteiger partial charge in [0.25, 0.3) is 0 Å². The quantitative estimate of drug-likeness (QED) is 0.906. The van der Waals surface area contributed by atoms with Crippen molar-refractivity contribution in [1.29, 1.82) is 0 Å². The second-order valence-corrected chi connectivity index (χ2v) is 6.90. The number of para-hydroxylation sites is 1. The molecule has 1 aliphatic heterocycles. The van der Waals surface area contributed by atoms with E-state index in [-0.39, 0.29) is 11.9 Å². The largest absolute Gasteiger partial charge is 0.322 e. The number of hydrogen-bond acceptors (Lipinski definition) is 2. The zero-order valence-electron chi connectivity index (χ0n) is 15.5. The van der Waals surface area contributed by atoms with Gasteiger partial charge in [0, 0.05) is 24.5 Å². The summed E-state index contributed by atoms with van der Waals surface area (Å²) in [5, 5.41) is 2.85. The normalized spacial score (nSPS) is 17.5. The molecule has 5 heteroatoms. The summed E-state index contributed by atoms with van der Waals surface area (Å²) in [6.07, 6.45) is 0. The molecule has 0 aromatic heterocycles. The molecule has 1 N–H and O–H groups in total. The standard InChI is InChI=1S/C21H25N3O2/c1-15(2)17-9-11-19(12-10-17)24-14-13-23(16(3)20(24)25)21(26)22-18-7-5-4-6-8-18/h4-12,15-16H,13-14H2,1-3H3,(H,22,26)/t16-/m0/s1. The average molecular weight is 351 g/mol. The molecule has 0 aliphatic carbocycles. The van der Waals surface area contributed by atoms with E-state index in [4.69, 9.17) is 0 Å². The topological polar surface area (TPSA) is 52.6 Å². The molecule has 1 fully saturated rings. The first kappa shape index (κ1) is 18.0. The van der Waals surface area contributed by atoms with Gasteiger partial charge < -0.3 is 15.1 Å². The van der Waals surface area contributed by atoms with Crippen LogP contribution in [-0.2, 0) is 4.79 Å². The first-order chi connectivity index (χ1) is 12.5. The third kappa shape index (κ3) is 3.72. The van der Waals surface area contributed by atoms with Gasteiger partial charge in [0.1, 0.15) is 6.04 Å². The van der Waals surface area contributed by atoms with E-state index in [0.717, 1.165) is 11.4 Å². The van der Waals surface area contributed by atoms with Crippen molar-refractivity contribution >= 4 is 23.3 Å². The summed E-state index contributed by atoms with van der Waals surface area (Å²) in [7, 11) is 0. The molecule has 1 saturated heterocycles. The molecule has 5 nitrogen and oxygen atoms in total. The molecule has 26 heavy (non-hydrogen) atoms. The van der Waals surface area contributed by atoms with Crippen LogP contribution in [-0.4, -0.2) is 36.0 Å². The number of carbonyl (C=O) groups excluding carboxylic acids is 2. The van der Waals surface area contributed by atoms with Crippen molar-refractivity contribution in [3.8, 4) is 0 Å². The Labute approximate surface area is 154 Å². The molecule has 0 saturated carbocycles. The Hall–Kier alpha value is -2.82. The lowest BCUT2D eigenvalue weighted by molar-refractivity contribution is -0.123. The van der Waals surface area contributed by atoms with Gasteiger partial charge in [-0.05, 0) is 42.7 Å². The lowest BCUT2D eigenvalue weighted by Crippen LogP contribution is -2.58. The van der Waals surface area contributed by atoms with E-state index >= 15 is 0 Å². The predicted molar refractivity (Wildman–Crippen MR) is 105 cm³/mol. The van der Waals surface area contributed by atoms with Crippen molar-refractivity contribution in [3.05, 3.63) is 60.2 Å². The van der Waals surface area contributed by atoms with Crippen LogP contribution in [0.5, 0.6) is 0 Å². The van der Waals surface area contributed by atoms with Crippen LogP contribution < -0.4 is 10.2 Å². The Bertz CT molecular complexity index is 772. The summed E-state index contributed by atoms with van der Waals surface area (Å²) in [5.41, 5.74) is 2.85. The highest BCUT2D eigenvalue weighted by atomic mass is 16.2. The Morgan fingerprint density at radius 1 is 1.04 bits per heavy atom. The van der Waals surface area contributed by atoms with E-state index in [2.05, 4.69) is 31.3 Å². The fourth-order valence-electron chi connectivity index (χ4n) is 3.16. The molecule has 0 radical (unpaired) electrons. The molecule has 136 valence electrons. The molecule has 1 atom stereocenters. The lowest BCUT2D eigenvalue weighted by atomic mass is 10.0. The van der Waals surface area contributed by atoms with Gasteiger partial charge >= 0.3 is 6.03 Å². The first-order valence-electron chi connectivity index (χ1n) is 9.01. The van der Waals surface area contributed by atoms with Crippen LogP contribution in [0, 0.1) is 0 Å². The highest BCUT2D eigenvalue weighted by Gasteiger charge is 2.35. The molecule has 1 heterocycles. The third-order valence-corrected chi connectivity index (χ3v) is 4.81. The van der Waals surface area contributed by atoms with Crippen molar-refractivity contribution in [3.63, 3.8) is 0 Å². The summed E-state index contributed by atoms with van der Waals surface area (Å²) >= 11 is 0. The number of nitrogens with zero attached hydrogens (tertiary/aromatic N) is 2. The number of amides is 3. The summed E-state index contributed by atoms with van der Waals surface area (Å²) in [6, 6.07) is 16.6. The maximum atomic E-state index is 12.8. The second kappa shape index (κ2) is 7.60. The highest BCUT2D eigenvalue weighted by Crippen LogP contribution is 2.24. The molecule has 0 spiro atoms. The van der Waals surface area contributed by atoms with Crippen LogP contribution in [0.15, 0.2) is 54.6 Å². The van der Waals surface area contributed by atoms with Crippen molar-refractivity contribution in [2.75, 3.05) is 23.3 Å². The second-order valence-electron chi connectivity index (χ2n) is 6.90. The molecule has 1 aliphatic rings. The summed E-state index contributed by atoms with van der Waals surface area (Å²) in [5.74, 6) is 0.397. The SMILES string of the molecule is CC(C)c1ccc(N2CCN(C(=O)Nc3ccccc3)[C@@H](C)C2=O)cc1. The lowest BCUT2D eigenvalue weighted by Gasteiger charge is -2.39. The van der Waals surface area contributed by atoms with E-state index in [9.17, 15) is 9.59 Å². The minimum Gasteiger partial charge on any atom is -0.311 e. The monoisotopic (exact) mass is 351 g/mol. The molecule has 2 aromatic rings. The van der Waals surface area contributed by atoms with Gasteiger partial charge in [0.15, 0.2) is 0 Å². The van der Waals surface area contributed by atoms with Gasteiger partial charge in [-0.25, -0.2) is 4.79 Å². The molecule has 2 aromatic carbocycles. The van der Waals surface area contributed by atoms with E-state index in [1.54, 1.807) is 16.7 Å².